The summed E-state index contributed by atoms with van der Waals surface area (Å²) in [5.41, 5.74) is -0.303. The highest BCUT2D eigenvalue weighted by atomic mass is 16.6. The van der Waals surface area contributed by atoms with Crippen LogP contribution in [0.4, 0.5) is 4.79 Å². The predicted molar refractivity (Wildman–Crippen MR) is 92.0 cm³/mol. The van der Waals surface area contributed by atoms with E-state index in [1.807, 2.05) is 25.7 Å². The minimum Gasteiger partial charge on any atom is -0.444 e. The normalized spacial score (nSPS) is 19.3. The van der Waals surface area contributed by atoms with E-state index in [0.29, 0.717) is 12.3 Å². The third-order valence-electron chi connectivity index (χ3n) is 4.12. The number of nitrogens with one attached hydrogen (secondary N) is 1. The molecule has 0 spiro atoms. The highest BCUT2D eigenvalue weighted by molar-refractivity contribution is 5.68. The van der Waals surface area contributed by atoms with Gasteiger partial charge in [-0.25, -0.2) is 4.79 Å². The van der Waals surface area contributed by atoms with E-state index in [4.69, 9.17) is 10.00 Å². The van der Waals surface area contributed by atoms with Crippen LogP contribution in [0.3, 0.4) is 0 Å². The van der Waals surface area contributed by atoms with E-state index in [0.717, 1.165) is 45.4 Å². The molecule has 0 bridgehead atoms. The number of carbonyl (C=O) groups is 1. The van der Waals surface area contributed by atoms with Gasteiger partial charge in [0.05, 0.1) is 6.07 Å². The summed E-state index contributed by atoms with van der Waals surface area (Å²) in [6.07, 6.45) is 3.49. The van der Waals surface area contributed by atoms with Crippen LogP contribution in [0.1, 0.15) is 60.3 Å². The molecule has 5 nitrogen and oxygen atoms in total. The van der Waals surface area contributed by atoms with E-state index < -0.39 is 5.60 Å². The quantitative estimate of drug-likeness (QED) is 0.812. The van der Waals surface area contributed by atoms with Gasteiger partial charge in [0.15, 0.2) is 0 Å². The fourth-order valence-corrected chi connectivity index (χ4v) is 2.82. The Hall–Kier alpha value is -1.28. The maximum absolute atomic E-state index is 12.2. The number of rotatable bonds is 6. The molecule has 0 aromatic carbocycles. The Kier molecular flexibility index (Phi) is 7.34. The molecule has 0 radical (unpaired) electrons. The molecule has 1 amide bonds. The zero-order valence-corrected chi connectivity index (χ0v) is 15.4. The number of nitrogens with zero attached hydrogens (tertiary/aromatic N) is 2. The molecule has 132 valence electrons. The van der Waals surface area contributed by atoms with Crippen LogP contribution in [-0.4, -0.2) is 42.8 Å². The van der Waals surface area contributed by atoms with Crippen LogP contribution in [-0.2, 0) is 4.74 Å². The summed E-state index contributed by atoms with van der Waals surface area (Å²) in [6, 6.07) is 2.21. The second-order valence-electron chi connectivity index (χ2n) is 8.39. The van der Waals surface area contributed by atoms with Gasteiger partial charge in [0.2, 0.25) is 0 Å². The summed E-state index contributed by atoms with van der Waals surface area (Å²) >= 11 is 0. The molecule has 1 unspecified atom stereocenters. The lowest BCUT2D eigenvalue weighted by Gasteiger charge is -2.35. The van der Waals surface area contributed by atoms with Gasteiger partial charge in [-0.15, -0.1) is 0 Å². The van der Waals surface area contributed by atoms with Crippen molar-refractivity contribution in [3.63, 3.8) is 0 Å². The minimum absolute atomic E-state index is 0.134. The van der Waals surface area contributed by atoms with E-state index in [9.17, 15) is 4.79 Å². The molecule has 0 aromatic rings. The summed E-state index contributed by atoms with van der Waals surface area (Å²) < 4.78 is 5.46. The molecule has 1 aliphatic heterocycles. The van der Waals surface area contributed by atoms with Gasteiger partial charge in [-0.2, -0.15) is 5.26 Å². The Morgan fingerprint density at radius 2 is 2.04 bits per heavy atom. The van der Waals surface area contributed by atoms with Crippen LogP contribution in [0.2, 0.25) is 0 Å². The maximum atomic E-state index is 12.2. The summed E-state index contributed by atoms with van der Waals surface area (Å²) in [6.45, 7) is 13.4. The average Bonchev–Trinajstić information content (AvgIpc) is 2.43. The molecule has 1 N–H and O–H groups in total. The zero-order chi connectivity index (χ0) is 17.5. The van der Waals surface area contributed by atoms with Crippen molar-refractivity contribution in [3.8, 4) is 6.07 Å². The van der Waals surface area contributed by atoms with Crippen molar-refractivity contribution >= 4 is 6.09 Å². The van der Waals surface area contributed by atoms with Crippen LogP contribution in [0.5, 0.6) is 0 Å². The molecule has 1 fully saturated rings. The standard InChI is InChI=1S/C18H33N3O2/c1-17(2,3)23-16(22)21-11-6-8-15(13-21)12-20-14-18(4,5)9-7-10-19/h15,20H,6-9,11-14H2,1-5H3. The molecular weight excluding hydrogens is 290 g/mol. The largest absolute Gasteiger partial charge is 0.444 e. The van der Waals surface area contributed by atoms with Gasteiger partial charge < -0.3 is 15.0 Å². The highest BCUT2D eigenvalue weighted by Crippen LogP contribution is 2.22. The molecule has 1 atom stereocenters. The van der Waals surface area contributed by atoms with Gasteiger partial charge in [-0.3, -0.25) is 0 Å². The van der Waals surface area contributed by atoms with Gasteiger partial charge in [-0.05, 0) is 57.9 Å². The molecule has 0 aromatic heterocycles. The molecule has 1 rings (SSSR count). The molecule has 1 aliphatic rings. The lowest BCUT2D eigenvalue weighted by Crippen LogP contribution is -2.45. The van der Waals surface area contributed by atoms with Crippen molar-refractivity contribution in [2.24, 2.45) is 11.3 Å². The Bertz CT molecular complexity index is 421. The van der Waals surface area contributed by atoms with Crippen molar-refractivity contribution in [1.82, 2.24) is 10.2 Å². The summed E-state index contributed by atoms with van der Waals surface area (Å²) in [7, 11) is 0. The number of nitriles is 1. The van der Waals surface area contributed by atoms with Crippen molar-refractivity contribution in [1.29, 1.82) is 5.26 Å². The SMILES string of the molecule is CC(C)(CCC#N)CNCC1CCCN(C(=O)OC(C)(C)C)C1. The van der Waals surface area contributed by atoms with E-state index in [1.165, 1.54) is 0 Å². The molecule has 1 saturated heterocycles. The van der Waals surface area contributed by atoms with E-state index in [-0.39, 0.29) is 11.5 Å². The van der Waals surface area contributed by atoms with Crippen molar-refractivity contribution in [3.05, 3.63) is 0 Å². The van der Waals surface area contributed by atoms with Crippen molar-refractivity contribution < 1.29 is 9.53 Å². The Balaban J connectivity index is 2.36. The first-order valence-corrected chi connectivity index (χ1v) is 8.68. The van der Waals surface area contributed by atoms with Crippen LogP contribution < -0.4 is 5.32 Å². The minimum atomic E-state index is -0.437. The second-order valence-corrected chi connectivity index (χ2v) is 8.39. The Morgan fingerprint density at radius 1 is 1.35 bits per heavy atom. The van der Waals surface area contributed by atoms with Gasteiger partial charge in [0.25, 0.3) is 0 Å². The number of amides is 1. The lowest BCUT2D eigenvalue weighted by molar-refractivity contribution is 0.0165. The smallest absolute Gasteiger partial charge is 0.410 e. The summed E-state index contributed by atoms with van der Waals surface area (Å²) in [5, 5.41) is 12.2. The number of hydrogen-bond acceptors (Lipinski definition) is 4. The van der Waals surface area contributed by atoms with E-state index >= 15 is 0 Å². The van der Waals surface area contributed by atoms with Gasteiger partial charge in [0.1, 0.15) is 5.60 Å². The monoisotopic (exact) mass is 323 g/mol. The molecule has 5 heteroatoms. The van der Waals surface area contributed by atoms with Gasteiger partial charge in [0, 0.05) is 26.1 Å². The fourth-order valence-electron chi connectivity index (χ4n) is 2.82. The Morgan fingerprint density at radius 3 is 2.65 bits per heavy atom. The number of piperidine rings is 1. The van der Waals surface area contributed by atoms with Crippen LogP contribution in [0.25, 0.3) is 0 Å². The third kappa shape index (κ3) is 8.22. The topological polar surface area (TPSA) is 65.4 Å². The van der Waals surface area contributed by atoms with Crippen molar-refractivity contribution in [2.75, 3.05) is 26.2 Å². The fraction of sp³-hybridized carbons (Fsp3) is 0.889. The van der Waals surface area contributed by atoms with Crippen LogP contribution in [0.15, 0.2) is 0 Å². The van der Waals surface area contributed by atoms with E-state index in [1.54, 1.807) is 0 Å². The summed E-state index contributed by atoms with van der Waals surface area (Å²) in [4.78, 5) is 14.0. The number of likely N-dealkylation sites (tertiary alicyclic amines) is 1. The maximum Gasteiger partial charge on any atom is 0.410 e. The number of carbonyl (C=O) groups excluding carboxylic acids is 1. The van der Waals surface area contributed by atoms with E-state index in [2.05, 4.69) is 25.2 Å². The predicted octanol–water partition coefficient (Wildman–Crippen LogP) is 3.55. The first-order chi connectivity index (χ1) is 10.6. The molecule has 1 heterocycles. The molecular formula is C18H33N3O2. The number of ether oxygens (including phenoxy) is 1. The molecule has 23 heavy (non-hydrogen) atoms. The first-order valence-electron chi connectivity index (χ1n) is 8.68. The molecule has 0 saturated carbocycles. The highest BCUT2D eigenvalue weighted by Gasteiger charge is 2.27. The second kappa shape index (κ2) is 8.54. The summed E-state index contributed by atoms with van der Waals surface area (Å²) in [5.74, 6) is 0.475. The van der Waals surface area contributed by atoms with Gasteiger partial charge in [-0.1, -0.05) is 13.8 Å². The van der Waals surface area contributed by atoms with Gasteiger partial charge >= 0.3 is 6.09 Å². The first kappa shape index (κ1) is 19.8. The van der Waals surface area contributed by atoms with Crippen LogP contribution in [0, 0.1) is 22.7 Å². The lowest BCUT2D eigenvalue weighted by atomic mass is 9.87. The van der Waals surface area contributed by atoms with Crippen molar-refractivity contribution in [2.45, 2.75) is 65.9 Å². The Labute approximate surface area is 141 Å². The zero-order valence-electron chi connectivity index (χ0n) is 15.4. The van der Waals surface area contributed by atoms with Crippen LogP contribution >= 0.6 is 0 Å². The average molecular weight is 323 g/mol. The molecule has 0 aliphatic carbocycles. The number of hydrogen-bond donors (Lipinski definition) is 1. The third-order valence-corrected chi connectivity index (χ3v) is 4.12.